The minimum atomic E-state index is -0.467. The molecule has 0 spiro atoms. The average molecular weight is 406 g/mol. The van der Waals surface area contributed by atoms with Crippen LogP contribution in [0, 0.1) is 0 Å². The number of carbonyl (C=O) groups is 1. The second-order valence-corrected chi connectivity index (χ2v) is 6.19. The topological polar surface area (TPSA) is 133 Å². The van der Waals surface area contributed by atoms with Crippen molar-refractivity contribution in [3.8, 4) is 22.9 Å². The summed E-state index contributed by atoms with van der Waals surface area (Å²) in [6.45, 7) is 0.457. The summed E-state index contributed by atoms with van der Waals surface area (Å²) >= 11 is 0. The molecule has 11 nitrogen and oxygen atoms in total. The molecule has 0 aliphatic heterocycles. The smallest absolute Gasteiger partial charge is 0.280 e. The summed E-state index contributed by atoms with van der Waals surface area (Å²) in [5.41, 5.74) is 1.82. The van der Waals surface area contributed by atoms with Crippen molar-refractivity contribution < 1.29 is 14.3 Å². The van der Waals surface area contributed by atoms with Crippen molar-refractivity contribution in [2.45, 2.75) is 6.54 Å². The van der Waals surface area contributed by atoms with E-state index in [0.717, 1.165) is 11.1 Å². The number of amides is 1. The van der Waals surface area contributed by atoms with E-state index in [1.165, 1.54) is 0 Å². The summed E-state index contributed by atoms with van der Waals surface area (Å²) in [6.07, 6.45) is 4.96. The van der Waals surface area contributed by atoms with Crippen molar-refractivity contribution in [1.82, 2.24) is 35.2 Å². The van der Waals surface area contributed by atoms with Gasteiger partial charge < -0.3 is 9.47 Å². The number of rotatable bonds is 7. The maximum absolute atomic E-state index is 12.4. The lowest BCUT2D eigenvalue weighted by atomic mass is 10.2. The van der Waals surface area contributed by atoms with Gasteiger partial charge in [0.05, 0.1) is 27.0 Å². The molecule has 0 atom stereocenters. The fourth-order valence-corrected chi connectivity index (χ4v) is 2.75. The molecule has 4 rings (SSSR count). The first kappa shape index (κ1) is 19.1. The highest BCUT2D eigenvalue weighted by molar-refractivity contribution is 6.01. The Morgan fingerprint density at radius 3 is 2.83 bits per heavy atom. The maximum atomic E-state index is 12.4. The molecule has 30 heavy (non-hydrogen) atoms. The molecule has 3 heterocycles. The van der Waals surface area contributed by atoms with E-state index < -0.39 is 5.91 Å². The van der Waals surface area contributed by atoms with Gasteiger partial charge in [0.15, 0.2) is 23.0 Å². The van der Waals surface area contributed by atoms with Crippen LogP contribution in [0.2, 0.25) is 0 Å². The molecule has 4 aromatic rings. The van der Waals surface area contributed by atoms with Crippen LogP contribution in [-0.4, -0.2) is 55.3 Å². The largest absolute Gasteiger partial charge is 0.493 e. The summed E-state index contributed by atoms with van der Waals surface area (Å²) in [7, 11) is 3.11. The van der Waals surface area contributed by atoms with E-state index in [1.807, 2.05) is 12.1 Å². The van der Waals surface area contributed by atoms with Crippen LogP contribution >= 0.6 is 0 Å². The second kappa shape index (κ2) is 8.39. The minimum Gasteiger partial charge on any atom is -0.493 e. The number of anilines is 1. The van der Waals surface area contributed by atoms with E-state index in [1.54, 1.807) is 55.7 Å². The Labute approximate surface area is 171 Å². The summed E-state index contributed by atoms with van der Waals surface area (Å²) in [5.74, 6) is 1.27. The van der Waals surface area contributed by atoms with Crippen LogP contribution in [0.15, 0.2) is 48.9 Å². The van der Waals surface area contributed by atoms with Gasteiger partial charge in [-0.05, 0) is 29.8 Å². The molecule has 1 amide bonds. The fraction of sp³-hybridized carbons (Fsp3) is 0.158. The number of pyridine rings is 1. The van der Waals surface area contributed by atoms with E-state index in [-0.39, 0.29) is 11.6 Å². The molecule has 1 aromatic carbocycles. The summed E-state index contributed by atoms with van der Waals surface area (Å²) in [6, 6.07) is 9.07. The molecule has 0 unspecified atom stereocenters. The average Bonchev–Trinajstić information content (AvgIpc) is 3.44. The molecule has 0 bridgehead atoms. The van der Waals surface area contributed by atoms with Gasteiger partial charge in [-0.25, -0.2) is 4.68 Å². The van der Waals surface area contributed by atoms with Gasteiger partial charge in [-0.1, -0.05) is 11.3 Å². The van der Waals surface area contributed by atoms with Crippen molar-refractivity contribution in [3.05, 3.63) is 60.2 Å². The van der Waals surface area contributed by atoms with E-state index in [9.17, 15) is 4.79 Å². The third-order valence-electron chi connectivity index (χ3n) is 4.21. The van der Waals surface area contributed by atoms with Crippen molar-refractivity contribution in [3.63, 3.8) is 0 Å². The molecule has 11 heteroatoms. The summed E-state index contributed by atoms with van der Waals surface area (Å²) in [5, 5.41) is 17.3. The molecule has 0 fully saturated rings. The minimum absolute atomic E-state index is 0.117. The van der Waals surface area contributed by atoms with Crippen molar-refractivity contribution in [2.75, 3.05) is 19.5 Å². The highest BCUT2D eigenvalue weighted by Crippen LogP contribution is 2.31. The lowest BCUT2D eigenvalue weighted by Crippen LogP contribution is -2.13. The number of aromatic nitrogens is 7. The first-order valence-corrected chi connectivity index (χ1v) is 8.91. The van der Waals surface area contributed by atoms with Crippen LogP contribution in [0.25, 0.3) is 11.4 Å². The van der Waals surface area contributed by atoms with Gasteiger partial charge in [0, 0.05) is 18.0 Å². The monoisotopic (exact) mass is 406 g/mol. The van der Waals surface area contributed by atoms with Crippen LogP contribution < -0.4 is 14.8 Å². The number of nitrogens with one attached hydrogen (secondary N) is 2. The Morgan fingerprint density at radius 2 is 2.07 bits per heavy atom. The van der Waals surface area contributed by atoms with Crippen LogP contribution in [0.4, 0.5) is 5.95 Å². The molecule has 0 saturated carbocycles. The standard InChI is InChI=1S/C19H18N8O3/c1-29-15-6-5-13(8-16(15)30-2)17-21-19(25-24-17)22-18(28)14-11-27(26-23-14)10-12-4-3-7-20-9-12/h3-9,11H,10H2,1-2H3,(H2,21,22,24,25,28). The Kier molecular flexibility index (Phi) is 5.33. The normalized spacial score (nSPS) is 10.6. The fourth-order valence-electron chi connectivity index (χ4n) is 2.75. The van der Waals surface area contributed by atoms with Gasteiger partial charge in [0.1, 0.15) is 0 Å². The number of carbonyl (C=O) groups excluding carboxylic acids is 1. The first-order chi connectivity index (χ1) is 14.7. The SMILES string of the molecule is COc1ccc(-c2nc(NC(=O)c3cn(Cc4cccnc4)nn3)n[nH]2)cc1OC. The molecule has 3 aromatic heterocycles. The number of aromatic amines is 1. The van der Waals surface area contributed by atoms with Gasteiger partial charge in [0.25, 0.3) is 5.91 Å². The van der Waals surface area contributed by atoms with Crippen LogP contribution in [0.5, 0.6) is 11.5 Å². The lowest BCUT2D eigenvalue weighted by Gasteiger charge is -2.07. The zero-order valence-electron chi connectivity index (χ0n) is 16.2. The number of hydrogen-bond acceptors (Lipinski definition) is 8. The van der Waals surface area contributed by atoms with E-state index >= 15 is 0 Å². The predicted molar refractivity (Wildman–Crippen MR) is 106 cm³/mol. The van der Waals surface area contributed by atoms with E-state index in [4.69, 9.17) is 9.47 Å². The van der Waals surface area contributed by atoms with E-state index in [2.05, 4.69) is 35.8 Å². The summed E-state index contributed by atoms with van der Waals surface area (Å²) in [4.78, 5) is 20.8. The van der Waals surface area contributed by atoms with Crippen molar-refractivity contribution in [1.29, 1.82) is 0 Å². The molecule has 0 aliphatic carbocycles. The van der Waals surface area contributed by atoms with Gasteiger partial charge in [0.2, 0.25) is 5.95 Å². The molecular formula is C19H18N8O3. The van der Waals surface area contributed by atoms with Crippen LogP contribution in [0.3, 0.4) is 0 Å². The van der Waals surface area contributed by atoms with Gasteiger partial charge in [-0.15, -0.1) is 10.2 Å². The number of ether oxygens (including phenoxy) is 2. The predicted octanol–water partition coefficient (Wildman–Crippen LogP) is 1.78. The van der Waals surface area contributed by atoms with Gasteiger partial charge in [-0.3, -0.25) is 20.2 Å². The number of H-pyrrole nitrogens is 1. The highest BCUT2D eigenvalue weighted by atomic mass is 16.5. The first-order valence-electron chi connectivity index (χ1n) is 8.91. The van der Waals surface area contributed by atoms with Crippen LogP contribution in [0.1, 0.15) is 16.1 Å². The van der Waals surface area contributed by atoms with Crippen molar-refractivity contribution >= 4 is 11.9 Å². The van der Waals surface area contributed by atoms with Gasteiger partial charge >= 0.3 is 0 Å². The Hall–Kier alpha value is -4.28. The third-order valence-corrected chi connectivity index (χ3v) is 4.21. The van der Waals surface area contributed by atoms with E-state index in [0.29, 0.717) is 23.9 Å². The molecule has 152 valence electrons. The highest BCUT2D eigenvalue weighted by Gasteiger charge is 2.15. The Balaban J connectivity index is 1.44. The molecular weight excluding hydrogens is 388 g/mol. The van der Waals surface area contributed by atoms with Crippen LogP contribution in [-0.2, 0) is 6.54 Å². The molecule has 0 aliphatic rings. The second-order valence-electron chi connectivity index (χ2n) is 6.19. The number of hydrogen-bond donors (Lipinski definition) is 2. The zero-order chi connectivity index (χ0) is 20.9. The number of nitrogens with zero attached hydrogens (tertiary/aromatic N) is 6. The number of methoxy groups -OCH3 is 2. The number of benzene rings is 1. The molecule has 2 N–H and O–H groups in total. The summed E-state index contributed by atoms with van der Waals surface area (Å²) < 4.78 is 12.1. The van der Waals surface area contributed by atoms with Gasteiger partial charge in [-0.2, -0.15) is 4.98 Å². The third kappa shape index (κ3) is 4.09. The maximum Gasteiger partial charge on any atom is 0.280 e. The lowest BCUT2D eigenvalue weighted by molar-refractivity contribution is 0.102. The molecule has 0 radical (unpaired) electrons. The Morgan fingerprint density at radius 1 is 1.20 bits per heavy atom. The molecule has 0 saturated heterocycles. The quantitative estimate of drug-likeness (QED) is 0.474. The Bertz CT molecular complexity index is 1160. The van der Waals surface area contributed by atoms with Crippen molar-refractivity contribution in [2.24, 2.45) is 0 Å². The zero-order valence-corrected chi connectivity index (χ0v) is 16.2.